The number of nitrogens with one attached hydrogen (secondary N) is 1. The normalized spacial score (nSPS) is 12.8. The van der Waals surface area contributed by atoms with Crippen molar-refractivity contribution >= 4 is 17.9 Å². The summed E-state index contributed by atoms with van der Waals surface area (Å²) in [6.45, 7) is 2.41. The Morgan fingerprint density at radius 2 is 1.83 bits per heavy atom. The molecule has 0 radical (unpaired) electrons. The first kappa shape index (κ1) is 21.9. The lowest BCUT2D eigenvalue weighted by molar-refractivity contribution is -0.137. The van der Waals surface area contributed by atoms with E-state index in [1.807, 2.05) is 12.1 Å². The highest BCUT2D eigenvalue weighted by Crippen LogP contribution is 2.30. The van der Waals surface area contributed by atoms with E-state index in [1.165, 1.54) is 23.6 Å². The van der Waals surface area contributed by atoms with E-state index in [0.717, 1.165) is 54.6 Å². The van der Waals surface area contributed by atoms with Gasteiger partial charge < -0.3 is 4.74 Å². The molecule has 0 saturated carbocycles. The molecule has 1 aliphatic rings. The second kappa shape index (κ2) is 9.80. The Kier molecular flexibility index (Phi) is 7.15. The molecule has 1 aromatic heterocycles. The first-order chi connectivity index (χ1) is 14.3. The fourth-order valence-electron chi connectivity index (χ4n) is 2.67. The van der Waals surface area contributed by atoms with E-state index in [1.54, 1.807) is 13.0 Å². The lowest BCUT2D eigenvalue weighted by Gasteiger charge is -2.17. The molecule has 1 aliphatic heterocycles. The van der Waals surface area contributed by atoms with E-state index in [2.05, 4.69) is 20.8 Å². The number of nitrogens with zero attached hydrogens (tertiary/aromatic N) is 2. The van der Waals surface area contributed by atoms with Crippen molar-refractivity contribution in [1.82, 2.24) is 9.97 Å². The monoisotopic (exact) mass is 437 g/mol. The van der Waals surface area contributed by atoms with Crippen molar-refractivity contribution < 1.29 is 22.3 Å². The molecule has 3 aromatic rings. The molecule has 1 N–H and O–H groups in total. The van der Waals surface area contributed by atoms with Gasteiger partial charge in [0.25, 0.3) is 0 Å². The number of alkyl halides is 3. The SMILES string of the molecule is Cc1cccc(C(F)(F)F)c1.Fc1cnc(NSc2ccc3c(c2)OCCC3)nc1. The van der Waals surface area contributed by atoms with Crippen molar-refractivity contribution in [3.63, 3.8) is 0 Å². The molecule has 2 heterocycles. The third-order valence-electron chi connectivity index (χ3n) is 4.11. The average Bonchev–Trinajstić information content (AvgIpc) is 2.73. The molecule has 0 spiro atoms. The molecule has 0 fully saturated rings. The predicted octanol–water partition coefficient (Wildman–Crippen LogP) is 6.07. The second-order valence-electron chi connectivity index (χ2n) is 6.52. The van der Waals surface area contributed by atoms with Crippen LogP contribution in [0.15, 0.2) is 59.8 Å². The van der Waals surface area contributed by atoms with Gasteiger partial charge in [0.2, 0.25) is 5.95 Å². The van der Waals surface area contributed by atoms with Crippen LogP contribution in [0.25, 0.3) is 0 Å². The summed E-state index contributed by atoms with van der Waals surface area (Å²) in [6.07, 6.45) is 0.180. The summed E-state index contributed by atoms with van der Waals surface area (Å²) in [7, 11) is 0. The number of fused-ring (bicyclic) bond motifs is 1. The maximum atomic E-state index is 12.7. The van der Waals surface area contributed by atoms with Crippen LogP contribution in [0.3, 0.4) is 0 Å². The number of hydrogen-bond donors (Lipinski definition) is 1. The molecule has 4 rings (SSSR count). The summed E-state index contributed by atoms with van der Waals surface area (Å²) in [5.74, 6) is 0.876. The van der Waals surface area contributed by atoms with Crippen molar-refractivity contribution in [2.24, 2.45) is 0 Å². The van der Waals surface area contributed by atoms with Crippen LogP contribution >= 0.6 is 11.9 Å². The van der Waals surface area contributed by atoms with Crippen LogP contribution in [0.2, 0.25) is 0 Å². The van der Waals surface area contributed by atoms with Gasteiger partial charge in [-0.05, 0) is 55.5 Å². The summed E-state index contributed by atoms with van der Waals surface area (Å²) >= 11 is 1.37. The van der Waals surface area contributed by atoms with Gasteiger partial charge in [-0.15, -0.1) is 0 Å². The van der Waals surface area contributed by atoms with Crippen molar-refractivity contribution in [3.05, 3.63) is 77.4 Å². The van der Waals surface area contributed by atoms with Gasteiger partial charge in [0.1, 0.15) is 5.75 Å². The van der Waals surface area contributed by atoms with Crippen molar-refractivity contribution in [3.8, 4) is 5.75 Å². The van der Waals surface area contributed by atoms with Gasteiger partial charge in [-0.3, -0.25) is 4.72 Å². The van der Waals surface area contributed by atoms with Crippen LogP contribution in [-0.2, 0) is 12.6 Å². The van der Waals surface area contributed by atoms with Crippen molar-refractivity contribution in [1.29, 1.82) is 0 Å². The topological polar surface area (TPSA) is 47.0 Å². The minimum Gasteiger partial charge on any atom is -0.493 e. The van der Waals surface area contributed by atoms with E-state index in [0.29, 0.717) is 11.5 Å². The highest BCUT2D eigenvalue weighted by Gasteiger charge is 2.29. The van der Waals surface area contributed by atoms with Gasteiger partial charge in [-0.25, -0.2) is 14.4 Å². The van der Waals surface area contributed by atoms with Gasteiger partial charge in [0, 0.05) is 4.90 Å². The molecule has 30 heavy (non-hydrogen) atoms. The highest BCUT2D eigenvalue weighted by molar-refractivity contribution is 8.00. The molecular formula is C21H19F4N3OS. The molecule has 0 bridgehead atoms. The van der Waals surface area contributed by atoms with Crippen molar-refractivity contribution in [2.45, 2.75) is 30.8 Å². The fraction of sp³-hybridized carbons (Fsp3) is 0.238. The number of halogens is 4. The van der Waals surface area contributed by atoms with Crippen LogP contribution in [0.4, 0.5) is 23.5 Å². The molecule has 0 amide bonds. The molecule has 0 unspecified atom stereocenters. The molecule has 4 nitrogen and oxygen atoms in total. The molecule has 2 aromatic carbocycles. The van der Waals surface area contributed by atoms with Gasteiger partial charge in [0.15, 0.2) is 5.82 Å². The number of rotatable bonds is 3. The minimum absolute atomic E-state index is 0.380. The number of benzene rings is 2. The zero-order valence-electron chi connectivity index (χ0n) is 16.0. The van der Waals surface area contributed by atoms with E-state index in [4.69, 9.17) is 4.74 Å². The molecule has 158 valence electrons. The van der Waals surface area contributed by atoms with Crippen molar-refractivity contribution in [2.75, 3.05) is 11.3 Å². The third-order valence-corrected chi connectivity index (χ3v) is 4.89. The second-order valence-corrected chi connectivity index (χ2v) is 7.40. The number of anilines is 1. The van der Waals surface area contributed by atoms with Gasteiger partial charge in [0.05, 0.1) is 24.6 Å². The van der Waals surface area contributed by atoms with Gasteiger partial charge >= 0.3 is 6.18 Å². The molecule has 0 atom stereocenters. The maximum absolute atomic E-state index is 12.7. The Hall–Kier alpha value is -2.81. The Labute approximate surface area is 175 Å². The molecule has 9 heteroatoms. The van der Waals surface area contributed by atoms with E-state index in [-0.39, 0.29) is 0 Å². The molecular weight excluding hydrogens is 418 g/mol. The lowest BCUT2D eigenvalue weighted by atomic mass is 10.1. The first-order valence-electron chi connectivity index (χ1n) is 9.11. The maximum Gasteiger partial charge on any atom is 0.416 e. The number of aryl methyl sites for hydroxylation is 2. The molecule has 0 saturated heterocycles. The minimum atomic E-state index is -4.22. The summed E-state index contributed by atoms with van der Waals surface area (Å²) < 4.78 is 57.1. The number of hydrogen-bond acceptors (Lipinski definition) is 5. The first-order valence-corrected chi connectivity index (χ1v) is 9.93. The summed E-state index contributed by atoms with van der Waals surface area (Å²) in [6, 6.07) is 11.3. The summed E-state index contributed by atoms with van der Waals surface area (Å²) in [5, 5.41) is 0. The Bertz CT molecular complexity index is 981. The predicted molar refractivity (Wildman–Crippen MR) is 108 cm³/mol. The van der Waals surface area contributed by atoms with E-state index < -0.39 is 17.6 Å². The van der Waals surface area contributed by atoms with E-state index >= 15 is 0 Å². The van der Waals surface area contributed by atoms with Crippen LogP contribution < -0.4 is 9.46 Å². The smallest absolute Gasteiger partial charge is 0.416 e. The largest absolute Gasteiger partial charge is 0.493 e. The zero-order valence-corrected chi connectivity index (χ0v) is 16.9. The Morgan fingerprint density at radius 1 is 1.07 bits per heavy atom. The molecule has 0 aliphatic carbocycles. The fourth-order valence-corrected chi connectivity index (χ4v) is 3.29. The summed E-state index contributed by atoms with van der Waals surface area (Å²) in [4.78, 5) is 8.67. The van der Waals surface area contributed by atoms with Gasteiger partial charge in [-0.2, -0.15) is 13.2 Å². The third kappa shape index (κ3) is 6.35. The van der Waals surface area contributed by atoms with Crippen LogP contribution in [0.5, 0.6) is 5.75 Å². The van der Waals surface area contributed by atoms with Crippen LogP contribution in [-0.4, -0.2) is 16.6 Å². The number of ether oxygens (including phenoxy) is 1. The van der Waals surface area contributed by atoms with Crippen LogP contribution in [0.1, 0.15) is 23.1 Å². The summed E-state index contributed by atoms with van der Waals surface area (Å²) in [5.41, 5.74) is 1.28. The van der Waals surface area contributed by atoms with E-state index in [9.17, 15) is 17.6 Å². The van der Waals surface area contributed by atoms with Crippen LogP contribution in [0, 0.1) is 12.7 Å². The highest BCUT2D eigenvalue weighted by atomic mass is 32.2. The van der Waals surface area contributed by atoms with Gasteiger partial charge in [-0.1, -0.05) is 29.8 Å². The zero-order chi connectivity index (χ0) is 21.6. The average molecular weight is 437 g/mol. The lowest BCUT2D eigenvalue weighted by Crippen LogP contribution is -2.08. The Morgan fingerprint density at radius 3 is 2.50 bits per heavy atom. The number of aromatic nitrogens is 2. The Balaban J connectivity index is 0.000000199. The quantitative estimate of drug-likeness (QED) is 0.398. The standard InChI is InChI=1S/C13H12FN3OS.C8H7F3/c14-10-7-15-13(16-8-10)17-19-11-4-3-9-2-1-5-18-12(9)6-11;1-6-3-2-4-7(5-6)8(9,10)11/h3-4,6-8H,1-2,5H2,(H,15,16,17);2-5H,1H3.